The van der Waals surface area contributed by atoms with Crippen molar-refractivity contribution in [2.24, 2.45) is 5.92 Å². The van der Waals surface area contributed by atoms with E-state index in [-0.39, 0.29) is 17.6 Å². The Morgan fingerprint density at radius 2 is 1.86 bits per heavy atom. The molecule has 2 aromatic rings. The van der Waals surface area contributed by atoms with Crippen molar-refractivity contribution in [2.75, 3.05) is 24.5 Å². The van der Waals surface area contributed by atoms with E-state index in [0.29, 0.717) is 31.1 Å². The smallest absolute Gasteiger partial charge is 0.263 e. The molecule has 0 saturated carbocycles. The van der Waals surface area contributed by atoms with Crippen molar-refractivity contribution in [1.29, 1.82) is 0 Å². The number of anilines is 1. The van der Waals surface area contributed by atoms with Crippen LogP contribution in [-0.2, 0) is 4.79 Å². The molecule has 0 aliphatic carbocycles. The third-order valence-corrected chi connectivity index (χ3v) is 4.84. The molecule has 4 nitrogen and oxygen atoms in total. The maximum atomic E-state index is 13.4. The van der Waals surface area contributed by atoms with Crippen LogP contribution in [0.3, 0.4) is 0 Å². The normalized spacial score (nSPS) is 16.9. The number of ether oxygens (including phenoxy) is 1. The van der Waals surface area contributed by atoms with E-state index in [1.165, 1.54) is 30.3 Å². The summed E-state index contributed by atoms with van der Waals surface area (Å²) < 4.78 is 45.2. The van der Waals surface area contributed by atoms with Gasteiger partial charge in [-0.3, -0.25) is 4.79 Å². The van der Waals surface area contributed by atoms with E-state index in [1.54, 1.807) is 19.9 Å². The van der Waals surface area contributed by atoms with Gasteiger partial charge in [0.1, 0.15) is 11.6 Å². The molecule has 1 unspecified atom stereocenters. The first-order chi connectivity index (χ1) is 13.2. The molecule has 1 N–H and O–H groups in total. The van der Waals surface area contributed by atoms with E-state index in [2.05, 4.69) is 5.32 Å². The zero-order valence-electron chi connectivity index (χ0n) is 15.8. The number of carbonyl (C=O) groups is 1. The van der Waals surface area contributed by atoms with Gasteiger partial charge in [-0.25, -0.2) is 13.2 Å². The van der Waals surface area contributed by atoms with Gasteiger partial charge in [0.25, 0.3) is 5.91 Å². The first kappa shape index (κ1) is 20.0. The molecule has 2 aromatic carbocycles. The van der Waals surface area contributed by atoms with Crippen molar-refractivity contribution < 1.29 is 22.7 Å². The summed E-state index contributed by atoms with van der Waals surface area (Å²) in [6.07, 6.45) is 0.832. The fourth-order valence-electron chi connectivity index (χ4n) is 3.21. The standard InChI is InChI=1S/C21H23F3N2O2/c1-21(2,28-17-6-3-15(22)4-7-17)20(27)25-12-14-9-10-26(13-14)16-5-8-18(23)19(24)11-16/h3-8,11,14H,9-10,12-13H2,1-2H3,(H,25,27). The third-order valence-electron chi connectivity index (χ3n) is 4.84. The Morgan fingerprint density at radius 1 is 1.14 bits per heavy atom. The molecule has 0 bridgehead atoms. The second kappa shape index (κ2) is 8.12. The van der Waals surface area contributed by atoms with E-state index in [4.69, 9.17) is 4.74 Å². The molecule has 0 aromatic heterocycles. The summed E-state index contributed by atoms with van der Waals surface area (Å²) in [5.41, 5.74) is -0.483. The fraction of sp³-hybridized carbons (Fsp3) is 0.381. The average Bonchev–Trinajstić information content (AvgIpc) is 3.12. The molecule has 0 radical (unpaired) electrons. The molecule has 1 aliphatic heterocycles. The Kier molecular flexibility index (Phi) is 5.82. The van der Waals surface area contributed by atoms with E-state index in [9.17, 15) is 18.0 Å². The monoisotopic (exact) mass is 392 g/mol. The Morgan fingerprint density at radius 3 is 2.54 bits per heavy atom. The molecule has 1 saturated heterocycles. The second-order valence-corrected chi connectivity index (χ2v) is 7.48. The summed E-state index contributed by atoms with van der Waals surface area (Å²) >= 11 is 0. The number of hydrogen-bond acceptors (Lipinski definition) is 3. The van der Waals surface area contributed by atoms with Crippen LogP contribution in [0.25, 0.3) is 0 Å². The highest BCUT2D eigenvalue weighted by Gasteiger charge is 2.31. The Hall–Kier alpha value is -2.70. The molecule has 1 fully saturated rings. The van der Waals surface area contributed by atoms with Gasteiger partial charge in [-0.1, -0.05) is 0 Å². The van der Waals surface area contributed by atoms with Gasteiger partial charge in [0.15, 0.2) is 17.2 Å². The third kappa shape index (κ3) is 4.77. The maximum absolute atomic E-state index is 13.4. The molecule has 1 aliphatic rings. The quantitative estimate of drug-likeness (QED) is 0.811. The minimum absolute atomic E-state index is 0.193. The van der Waals surface area contributed by atoms with Crippen LogP contribution in [-0.4, -0.2) is 31.1 Å². The zero-order chi connectivity index (χ0) is 20.3. The minimum Gasteiger partial charge on any atom is -0.478 e. The zero-order valence-corrected chi connectivity index (χ0v) is 15.8. The summed E-state index contributed by atoms with van der Waals surface area (Å²) in [5, 5.41) is 2.89. The summed E-state index contributed by atoms with van der Waals surface area (Å²) in [6, 6.07) is 9.36. The van der Waals surface area contributed by atoms with Crippen molar-refractivity contribution in [1.82, 2.24) is 5.32 Å². The van der Waals surface area contributed by atoms with Crippen LogP contribution in [0.2, 0.25) is 0 Å². The van der Waals surface area contributed by atoms with Gasteiger partial charge in [0.05, 0.1) is 0 Å². The van der Waals surface area contributed by atoms with Crippen molar-refractivity contribution in [3.05, 3.63) is 59.9 Å². The molecular formula is C21H23F3N2O2. The number of nitrogens with one attached hydrogen (secondary N) is 1. The number of nitrogens with zero attached hydrogens (tertiary/aromatic N) is 1. The highest BCUT2D eigenvalue weighted by atomic mass is 19.2. The molecule has 28 heavy (non-hydrogen) atoms. The van der Waals surface area contributed by atoms with E-state index >= 15 is 0 Å². The fourth-order valence-corrected chi connectivity index (χ4v) is 3.21. The lowest BCUT2D eigenvalue weighted by atomic mass is 10.1. The summed E-state index contributed by atoms with van der Waals surface area (Å²) in [7, 11) is 0. The van der Waals surface area contributed by atoms with Gasteiger partial charge >= 0.3 is 0 Å². The predicted octanol–water partition coefficient (Wildman–Crippen LogP) is 3.90. The van der Waals surface area contributed by atoms with Crippen LogP contribution in [0.15, 0.2) is 42.5 Å². The number of rotatable bonds is 6. The summed E-state index contributed by atoms with van der Waals surface area (Å²) in [5.74, 6) is -1.78. The van der Waals surface area contributed by atoms with Crippen LogP contribution >= 0.6 is 0 Å². The molecule has 1 atom stereocenters. The highest BCUT2D eigenvalue weighted by molar-refractivity contribution is 5.84. The number of benzene rings is 2. The van der Waals surface area contributed by atoms with Crippen LogP contribution in [0.4, 0.5) is 18.9 Å². The minimum atomic E-state index is -1.11. The van der Waals surface area contributed by atoms with E-state index in [0.717, 1.165) is 12.5 Å². The van der Waals surface area contributed by atoms with Crippen LogP contribution in [0.5, 0.6) is 5.75 Å². The molecule has 150 valence electrons. The average molecular weight is 392 g/mol. The number of hydrogen-bond donors (Lipinski definition) is 1. The van der Waals surface area contributed by atoms with Gasteiger partial charge in [0, 0.05) is 31.4 Å². The van der Waals surface area contributed by atoms with Crippen molar-refractivity contribution >= 4 is 11.6 Å². The molecule has 0 spiro atoms. The second-order valence-electron chi connectivity index (χ2n) is 7.48. The SMILES string of the molecule is CC(C)(Oc1ccc(F)cc1)C(=O)NCC1CCN(c2ccc(F)c(F)c2)C1. The highest BCUT2D eigenvalue weighted by Crippen LogP contribution is 2.25. The molecule has 1 amide bonds. The molecular weight excluding hydrogens is 369 g/mol. The van der Waals surface area contributed by atoms with Crippen LogP contribution in [0, 0.1) is 23.4 Å². The maximum Gasteiger partial charge on any atom is 0.263 e. The largest absolute Gasteiger partial charge is 0.478 e. The van der Waals surface area contributed by atoms with Crippen molar-refractivity contribution in [3.63, 3.8) is 0 Å². The van der Waals surface area contributed by atoms with Crippen molar-refractivity contribution in [3.8, 4) is 5.75 Å². The van der Waals surface area contributed by atoms with Gasteiger partial charge in [-0.05, 0) is 62.6 Å². The molecule has 1 heterocycles. The molecule has 7 heteroatoms. The lowest BCUT2D eigenvalue weighted by Crippen LogP contribution is -2.48. The topological polar surface area (TPSA) is 41.6 Å². The van der Waals surface area contributed by atoms with Gasteiger partial charge < -0.3 is 15.0 Å². The first-order valence-corrected chi connectivity index (χ1v) is 9.17. The van der Waals surface area contributed by atoms with E-state index < -0.39 is 17.2 Å². The lowest BCUT2D eigenvalue weighted by Gasteiger charge is -2.26. The van der Waals surface area contributed by atoms with Crippen LogP contribution in [0.1, 0.15) is 20.3 Å². The Bertz CT molecular complexity index is 840. The van der Waals surface area contributed by atoms with Crippen molar-refractivity contribution in [2.45, 2.75) is 25.9 Å². The first-order valence-electron chi connectivity index (χ1n) is 9.17. The Balaban J connectivity index is 1.51. The van der Waals surface area contributed by atoms with Gasteiger partial charge in [-0.2, -0.15) is 0 Å². The van der Waals surface area contributed by atoms with Gasteiger partial charge in [-0.15, -0.1) is 0 Å². The Labute approximate surface area is 162 Å². The number of halogens is 3. The summed E-state index contributed by atoms with van der Waals surface area (Å²) in [6.45, 7) is 5.10. The summed E-state index contributed by atoms with van der Waals surface area (Å²) in [4.78, 5) is 14.5. The predicted molar refractivity (Wildman–Crippen MR) is 101 cm³/mol. The van der Waals surface area contributed by atoms with Crippen LogP contribution < -0.4 is 15.0 Å². The number of amides is 1. The van der Waals surface area contributed by atoms with Gasteiger partial charge in [0.2, 0.25) is 0 Å². The lowest BCUT2D eigenvalue weighted by molar-refractivity contribution is -0.134. The molecule has 3 rings (SSSR count). The van der Waals surface area contributed by atoms with E-state index in [1.807, 2.05) is 4.90 Å². The number of carbonyl (C=O) groups excluding carboxylic acids is 1.